The lowest BCUT2D eigenvalue weighted by atomic mass is 9.60. The lowest BCUT2D eigenvalue weighted by molar-refractivity contribution is -0.0652. The number of nitriles is 1. The molecule has 0 aliphatic heterocycles. The molecule has 64 valence electrons. The van der Waals surface area contributed by atoms with Crippen molar-refractivity contribution >= 4 is 0 Å². The number of ether oxygens (including phenoxy) is 1. The fraction of sp³-hybridized carbons (Fsp3) is 0.700. The molecule has 1 saturated carbocycles. The van der Waals surface area contributed by atoms with Crippen molar-refractivity contribution in [2.75, 3.05) is 7.11 Å². The highest BCUT2D eigenvalue weighted by Crippen LogP contribution is 2.49. The third kappa shape index (κ3) is 0.924. The highest BCUT2D eigenvalue weighted by molar-refractivity contribution is 5.25. The van der Waals surface area contributed by atoms with Crippen molar-refractivity contribution in [1.82, 2.24) is 0 Å². The van der Waals surface area contributed by atoms with Crippen LogP contribution in [0, 0.1) is 29.1 Å². The third-order valence-electron chi connectivity index (χ3n) is 3.02. The van der Waals surface area contributed by atoms with Crippen LogP contribution in [0.4, 0.5) is 0 Å². The molecule has 1 aliphatic rings. The summed E-state index contributed by atoms with van der Waals surface area (Å²) in [6.07, 6.45) is 8.16. The molecule has 0 saturated heterocycles. The summed E-state index contributed by atoms with van der Waals surface area (Å²) in [6, 6.07) is 2.29. The Kier molecular flexibility index (Phi) is 2.13. The number of rotatable bonds is 2. The van der Waals surface area contributed by atoms with Gasteiger partial charge in [0, 0.05) is 7.11 Å². The number of nitrogens with zero attached hydrogens (tertiary/aromatic N) is 1. The maximum absolute atomic E-state index is 9.01. The van der Waals surface area contributed by atoms with E-state index in [9.17, 15) is 0 Å². The van der Waals surface area contributed by atoms with Crippen LogP contribution < -0.4 is 0 Å². The van der Waals surface area contributed by atoms with Crippen LogP contribution in [0.2, 0.25) is 0 Å². The Labute approximate surface area is 73.5 Å². The molecule has 0 aromatic heterocycles. The van der Waals surface area contributed by atoms with Gasteiger partial charge in [-0.15, -0.1) is 6.42 Å². The topological polar surface area (TPSA) is 33.0 Å². The zero-order chi connectivity index (χ0) is 9.24. The Balaban J connectivity index is 2.94. The minimum absolute atomic E-state index is 0.434. The van der Waals surface area contributed by atoms with Gasteiger partial charge in [-0.2, -0.15) is 5.26 Å². The first-order valence-electron chi connectivity index (χ1n) is 4.08. The number of hydrogen-bond acceptors (Lipinski definition) is 2. The van der Waals surface area contributed by atoms with Gasteiger partial charge in [0.2, 0.25) is 0 Å². The molecule has 0 bridgehead atoms. The molecule has 0 amide bonds. The highest BCUT2D eigenvalue weighted by Gasteiger charge is 2.52. The van der Waals surface area contributed by atoms with E-state index in [4.69, 9.17) is 16.4 Å². The smallest absolute Gasteiger partial charge is 0.143 e. The molecule has 0 radical (unpaired) electrons. The lowest BCUT2D eigenvalue weighted by Gasteiger charge is -2.45. The van der Waals surface area contributed by atoms with Gasteiger partial charge in [0.05, 0.1) is 11.5 Å². The van der Waals surface area contributed by atoms with Crippen LogP contribution in [0.15, 0.2) is 0 Å². The van der Waals surface area contributed by atoms with Crippen LogP contribution in [-0.4, -0.2) is 12.7 Å². The summed E-state index contributed by atoms with van der Waals surface area (Å²) in [5.41, 5.74) is -1.14. The van der Waals surface area contributed by atoms with Gasteiger partial charge in [0.25, 0.3) is 0 Å². The van der Waals surface area contributed by atoms with E-state index < -0.39 is 11.0 Å². The molecule has 1 aliphatic carbocycles. The zero-order valence-corrected chi connectivity index (χ0v) is 7.55. The highest BCUT2D eigenvalue weighted by atomic mass is 16.5. The summed E-state index contributed by atoms with van der Waals surface area (Å²) in [7, 11) is 1.57. The van der Waals surface area contributed by atoms with E-state index in [1.807, 2.05) is 6.92 Å². The first-order valence-corrected chi connectivity index (χ1v) is 4.08. The van der Waals surface area contributed by atoms with Gasteiger partial charge in [-0.1, -0.05) is 5.92 Å². The minimum atomic E-state index is -0.708. The Bertz CT molecular complexity index is 234. The first kappa shape index (κ1) is 9.10. The van der Waals surface area contributed by atoms with Crippen molar-refractivity contribution in [2.24, 2.45) is 5.41 Å². The summed E-state index contributed by atoms with van der Waals surface area (Å²) in [6.45, 7) is 1.81. The second-order valence-corrected chi connectivity index (χ2v) is 3.43. The summed E-state index contributed by atoms with van der Waals surface area (Å²) < 4.78 is 5.23. The van der Waals surface area contributed by atoms with Crippen molar-refractivity contribution in [2.45, 2.75) is 31.8 Å². The fourth-order valence-corrected chi connectivity index (χ4v) is 1.62. The molecule has 12 heavy (non-hydrogen) atoms. The SMILES string of the molecule is C#C[C@](C)(OC)C1(C#N)CCC1. The second-order valence-electron chi connectivity index (χ2n) is 3.43. The van der Waals surface area contributed by atoms with E-state index in [-0.39, 0.29) is 0 Å². The largest absolute Gasteiger partial charge is 0.364 e. The molecule has 1 fully saturated rings. The monoisotopic (exact) mass is 163 g/mol. The molecule has 0 aromatic rings. The van der Waals surface area contributed by atoms with Crippen molar-refractivity contribution in [1.29, 1.82) is 5.26 Å². The Morgan fingerprint density at radius 2 is 2.17 bits per heavy atom. The maximum atomic E-state index is 9.01. The molecule has 2 nitrogen and oxygen atoms in total. The summed E-state index contributed by atoms with van der Waals surface area (Å²) in [4.78, 5) is 0. The second kappa shape index (κ2) is 2.81. The zero-order valence-electron chi connectivity index (χ0n) is 7.55. The predicted octanol–water partition coefficient (Wildman–Crippen LogP) is 1.72. The average molecular weight is 163 g/mol. The molecule has 0 unspecified atom stereocenters. The van der Waals surface area contributed by atoms with E-state index in [0.717, 1.165) is 19.3 Å². The van der Waals surface area contributed by atoms with Crippen molar-refractivity contribution in [3.05, 3.63) is 0 Å². The van der Waals surface area contributed by atoms with Gasteiger partial charge in [-0.05, 0) is 26.2 Å². The van der Waals surface area contributed by atoms with E-state index in [2.05, 4.69) is 12.0 Å². The molecule has 1 atom stereocenters. The normalized spacial score (nSPS) is 24.3. The van der Waals surface area contributed by atoms with Gasteiger partial charge in [-0.25, -0.2) is 0 Å². The van der Waals surface area contributed by atoms with Gasteiger partial charge in [0.15, 0.2) is 0 Å². The maximum Gasteiger partial charge on any atom is 0.143 e. The molecule has 0 spiro atoms. The van der Waals surface area contributed by atoms with E-state index in [1.165, 1.54) is 0 Å². The van der Waals surface area contributed by atoms with Gasteiger partial charge >= 0.3 is 0 Å². The van der Waals surface area contributed by atoms with Gasteiger partial charge in [0.1, 0.15) is 5.60 Å². The van der Waals surface area contributed by atoms with E-state index >= 15 is 0 Å². The quantitative estimate of drug-likeness (QED) is 0.581. The molecular formula is C10H13NO. The Morgan fingerprint density at radius 1 is 1.58 bits per heavy atom. The Morgan fingerprint density at radius 3 is 2.25 bits per heavy atom. The van der Waals surface area contributed by atoms with Gasteiger partial charge < -0.3 is 4.74 Å². The van der Waals surface area contributed by atoms with E-state index in [1.54, 1.807) is 7.11 Å². The average Bonchev–Trinajstić information content (AvgIpc) is 2.03. The van der Waals surface area contributed by atoms with Crippen molar-refractivity contribution < 1.29 is 4.74 Å². The number of methoxy groups -OCH3 is 1. The van der Waals surface area contributed by atoms with Crippen LogP contribution in [-0.2, 0) is 4.74 Å². The van der Waals surface area contributed by atoms with Crippen LogP contribution in [0.3, 0.4) is 0 Å². The lowest BCUT2D eigenvalue weighted by Crippen LogP contribution is -2.50. The number of hydrogen-bond donors (Lipinski definition) is 0. The standard InChI is InChI=1S/C10H13NO/c1-4-9(2,12-3)10(8-11)6-5-7-10/h1H,5-7H2,2-3H3/t9-/m0/s1. The summed E-state index contributed by atoms with van der Waals surface area (Å²) in [5.74, 6) is 2.58. The summed E-state index contributed by atoms with van der Waals surface area (Å²) >= 11 is 0. The van der Waals surface area contributed by atoms with E-state index in [0.29, 0.717) is 0 Å². The summed E-state index contributed by atoms with van der Waals surface area (Å²) in [5, 5.41) is 9.01. The predicted molar refractivity (Wildman–Crippen MR) is 46.1 cm³/mol. The molecule has 0 N–H and O–H groups in total. The Hall–Kier alpha value is -0.990. The van der Waals surface area contributed by atoms with Crippen LogP contribution in [0.5, 0.6) is 0 Å². The first-order chi connectivity index (χ1) is 5.64. The van der Waals surface area contributed by atoms with Crippen molar-refractivity contribution in [3.8, 4) is 18.4 Å². The molecule has 2 heteroatoms. The molecule has 0 heterocycles. The van der Waals surface area contributed by atoms with Crippen LogP contribution in [0.25, 0.3) is 0 Å². The molecular weight excluding hydrogens is 150 g/mol. The van der Waals surface area contributed by atoms with Crippen LogP contribution in [0.1, 0.15) is 26.2 Å². The fourth-order valence-electron chi connectivity index (χ4n) is 1.62. The molecule has 1 rings (SSSR count). The van der Waals surface area contributed by atoms with Gasteiger partial charge in [-0.3, -0.25) is 0 Å². The third-order valence-corrected chi connectivity index (χ3v) is 3.02. The van der Waals surface area contributed by atoms with Crippen molar-refractivity contribution in [3.63, 3.8) is 0 Å². The van der Waals surface area contributed by atoms with Crippen LogP contribution >= 0.6 is 0 Å². The minimum Gasteiger partial charge on any atom is -0.364 e. The number of terminal acetylenes is 1. The molecule has 0 aromatic carbocycles.